The van der Waals surface area contributed by atoms with Gasteiger partial charge >= 0.3 is 5.97 Å². The van der Waals surface area contributed by atoms with Crippen molar-refractivity contribution in [1.29, 1.82) is 0 Å². The van der Waals surface area contributed by atoms with Gasteiger partial charge in [0.2, 0.25) is 0 Å². The first-order valence-corrected chi connectivity index (χ1v) is 5.19. The standard InChI is InChI=1S/C13H10FNO3/c1-8-6-9(14)2-3-11(8)18-12-7-15-5-4-10(12)13(16)17/h2-7H,1H3,(H,16,17). The number of benzene rings is 1. The Hall–Kier alpha value is -2.43. The number of nitrogens with zero attached hydrogens (tertiary/aromatic N) is 1. The van der Waals surface area contributed by atoms with Crippen LogP contribution < -0.4 is 4.74 Å². The number of ether oxygens (including phenoxy) is 1. The first-order valence-electron chi connectivity index (χ1n) is 5.19. The van der Waals surface area contributed by atoms with Crippen molar-refractivity contribution < 1.29 is 19.0 Å². The Bertz CT molecular complexity index is 599. The number of aryl methyl sites for hydroxylation is 1. The maximum Gasteiger partial charge on any atom is 0.339 e. The fourth-order valence-corrected chi connectivity index (χ4v) is 1.48. The van der Waals surface area contributed by atoms with Crippen LogP contribution in [0.4, 0.5) is 4.39 Å². The Morgan fingerprint density at radius 2 is 2.11 bits per heavy atom. The van der Waals surface area contributed by atoms with Crippen LogP contribution >= 0.6 is 0 Å². The number of halogens is 1. The van der Waals surface area contributed by atoms with Gasteiger partial charge in [0.25, 0.3) is 0 Å². The van der Waals surface area contributed by atoms with Gasteiger partial charge < -0.3 is 9.84 Å². The minimum Gasteiger partial charge on any atom is -0.478 e. The normalized spacial score (nSPS) is 10.1. The lowest BCUT2D eigenvalue weighted by Crippen LogP contribution is -2.01. The maximum absolute atomic E-state index is 12.9. The molecule has 1 aromatic heterocycles. The van der Waals surface area contributed by atoms with Gasteiger partial charge in [0.05, 0.1) is 6.20 Å². The summed E-state index contributed by atoms with van der Waals surface area (Å²) >= 11 is 0. The highest BCUT2D eigenvalue weighted by Crippen LogP contribution is 2.27. The Labute approximate surface area is 103 Å². The molecule has 2 aromatic rings. The van der Waals surface area contributed by atoms with E-state index in [4.69, 9.17) is 9.84 Å². The summed E-state index contributed by atoms with van der Waals surface area (Å²) in [4.78, 5) is 14.8. The summed E-state index contributed by atoms with van der Waals surface area (Å²) in [6, 6.07) is 5.35. The fourth-order valence-electron chi connectivity index (χ4n) is 1.48. The van der Waals surface area contributed by atoms with Crippen molar-refractivity contribution in [2.24, 2.45) is 0 Å². The molecule has 2 rings (SSSR count). The summed E-state index contributed by atoms with van der Waals surface area (Å²) in [5.41, 5.74) is 0.587. The lowest BCUT2D eigenvalue weighted by Gasteiger charge is -2.10. The minimum absolute atomic E-state index is 0.00808. The molecule has 0 aliphatic carbocycles. The lowest BCUT2D eigenvalue weighted by molar-refractivity contribution is 0.0694. The van der Waals surface area contributed by atoms with Crippen molar-refractivity contribution in [2.45, 2.75) is 6.92 Å². The van der Waals surface area contributed by atoms with Crippen LogP contribution in [0.5, 0.6) is 11.5 Å². The first kappa shape index (κ1) is 12.0. The molecule has 1 aromatic carbocycles. The molecule has 0 saturated heterocycles. The lowest BCUT2D eigenvalue weighted by atomic mass is 10.2. The van der Waals surface area contributed by atoms with E-state index in [0.29, 0.717) is 11.3 Å². The fraction of sp³-hybridized carbons (Fsp3) is 0.0769. The number of aromatic carboxylic acids is 1. The minimum atomic E-state index is -1.10. The van der Waals surface area contributed by atoms with Crippen LogP contribution in [0.25, 0.3) is 0 Å². The monoisotopic (exact) mass is 247 g/mol. The Morgan fingerprint density at radius 3 is 2.78 bits per heavy atom. The molecular formula is C13H10FNO3. The van der Waals surface area contributed by atoms with Crippen molar-refractivity contribution in [3.63, 3.8) is 0 Å². The van der Waals surface area contributed by atoms with Gasteiger partial charge in [0, 0.05) is 6.20 Å². The van der Waals surface area contributed by atoms with Crippen molar-refractivity contribution in [2.75, 3.05) is 0 Å². The Balaban J connectivity index is 2.37. The molecule has 0 unspecified atom stereocenters. The Morgan fingerprint density at radius 1 is 1.33 bits per heavy atom. The summed E-state index contributed by atoms with van der Waals surface area (Å²) in [6.45, 7) is 1.68. The number of carbonyl (C=O) groups is 1. The Kier molecular flexibility index (Phi) is 3.23. The second kappa shape index (κ2) is 4.83. The maximum atomic E-state index is 12.9. The predicted octanol–water partition coefficient (Wildman–Crippen LogP) is 3.02. The molecule has 0 atom stereocenters. The number of pyridine rings is 1. The number of carboxylic acid groups (broad SMARTS) is 1. The zero-order valence-electron chi connectivity index (χ0n) is 9.55. The topological polar surface area (TPSA) is 59.4 Å². The van der Waals surface area contributed by atoms with E-state index in [1.54, 1.807) is 6.92 Å². The SMILES string of the molecule is Cc1cc(F)ccc1Oc1cnccc1C(=O)O. The van der Waals surface area contributed by atoms with Crippen LogP contribution in [0.1, 0.15) is 15.9 Å². The average Bonchev–Trinajstić information content (AvgIpc) is 2.33. The van der Waals surface area contributed by atoms with Crippen LogP contribution in [0.3, 0.4) is 0 Å². The molecule has 0 aliphatic heterocycles. The zero-order chi connectivity index (χ0) is 13.1. The van der Waals surface area contributed by atoms with Gasteiger partial charge in [0.15, 0.2) is 5.75 Å². The van der Waals surface area contributed by atoms with Crippen LogP contribution in [0, 0.1) is 12.7 Å². The quantitative estimate of drug-likeness (QED) is 0.905. The van der Waals surface area contributed by atoms with Crippen molar-refractivity contribution in [3.05, 3.63) is 53.6 Å². The molecule has 1 N–H and O–H groups in total. The number of hydrogen-bond acceptors (Lipinski definition) is 3. The van der Waals surface area contributed by atoms with Gasteiger partial charge in [-0.25, -0.2) is 9.18 Å². The van der Waals surface area contributed by atoms with Crippen LogP contribution in [-0.4, -0.2) is 16.1 Å². The van der Waals surface area contributed by atoms with E-state index < -0.39 is 5.97 Å². The number of aromatic nitrogens is 1. The molecule has 0 bridgehead atoms. The highest BCUT2D eigenvalue weighted by Gasteiger charge is 2.12. The van der Waals surface area contributed by atoms with Gasteiger partial charge in [0.1, 0.15) is 17.1 Å². The van der Waals surface area contributed by atoms with E-state index in [2.05, 4.69) is 4.98 Å². The predicted molar refractivity (Wildman–Crippen MR) is 62.4 cm³/mol. The second-order valence-corrected chi connectivity index (χ2v) is 3.69. The highest BCUT2D eigenvalue weighted by molar-refractivity contribution is 5.90. The average molecular weight is 247 g/mol. The van der Waals surface area contributed by atoms with Crippen LogP contribution in [0.2, 0.25) is 0 Å². The summed E-state index contributed by atoms with van der Waals surface area (Å²) in [7, 11) is 0. The smallest absolute Gasteiger partial charge is 0.339 e. The first-order chi connectivity index (χ1) is 8.58. The summed E-state index contributed by atoms with van der Waals surface area (Å²) in [6.07, 6.45) is 2.68. The van der Waals surface area contributed by atoms with Crippen molar-refractivity contribution in [1.82, 2.24) is 4.98 Å². The molecule has 0 amide bonds. The van der Waals surface area contributed by atoms with Crippen molar-refractivity contribution >= 4 is 5.97 Å². The van der Waals surface area contributed by atoms with Gasteiger partial charge in [-0.1, -0.05) is 0 Å². The van der Waals surface area contributed by atoms with E-state index in [1.807, 2.05) is 0 Å². The summed E-state index contributed by atoms with van der Waals surface area (Å²) in [5.74, 6) is -0.955. The summed E-state index contributed by atoms with van der Waals surface area (Å²) < 4.78 is 18.4. The highest BCUT2D eigenvalue weighted by atomic mass is 19.1. The molecule has 4 nitrogen and oxygen atoms in total. The third-order valence-electron chi connectivity index (χ3n) is 2.37. The molecule has 18 heavy (non-hydrogen) atoms. The molecule has 0 radical (unpaired) electrons. The van der Waals surface area contributed by atoms with Crippen LogP contribution in [-0.2, 0) is 0 Å². The van der Waals surface area contributed by atoms with E-state index >= 15 is 0 Å². The van der Waals surface area contributed by atoms with Gasteiger partial charge in [-0.3, -0.25) is 4.98 Å². The van der Waals surface area contributed by atoms with Gasteiger partial charge in [-0.15, -0.1) is 0 Å². The second-order valence-electron chi connectivity index (χ2n) is 3.69. The molecule has 0 fully saturated rings. The zero-order valence-corrected chi connectivity index (χ0v) is 9.55. The third-order valence-corrected chi connectivity index (χ3v) is 2.37. The van der Waals surface area contributed by atoms with Gasteiger partial charge in [-0.2, -0.15) is 0 Å². The molecule has 5 heteroatoms. The number of carboxylic acids is 1. The van der Waals surface area contributed by atoms with Gasteiger partial charge in [-0.05, 0) is 36.8 Å². The van der Waals surface area contributed by atoms with Crippen molar-refractivity contribution in [3.8, 4) is 11.5 Å². The number of rotatable bonds is 3. The summed E-state index contributed by atoms with van der Waals surface area (Å²) in [5, 5.41) is 8.99. The van der Waals surface area contributed by atoms with E-state index in [-0.39, 0.29) is 17.1 Å². The molecule has 0 spiro atoms. The molecular weight excluding hydrogens is 237 g/mol. The molecule has 0 saturated carbocycles. The molecule has 0 aliphatic rings. The van der Waals surface area contributed by atoms with E-state index in [9.17, 15) is 9.18 Å². The molecule has 1 heterocycles. The van der Waals surface area contributed by atoms with E-state index in [0.717, 1.165) is 0 Å². The third kappa shape index (κ3) is 2.45. The van der Waals surface area contributed by atoms with E-state index in [1.165, 1.54) is 36.7 Å². The largest absolute Gasteiger partial charge is 0.478 e. The van der Waals surface area contributed by atoms with Crippen LogP contribution in [0.15, 0.2) is 36.7 Å². The number of hydrogen-bond donors (Lipinski definition) is 1. The molecule has 92 valence electrons.